The van der Waals surface area contributed by atoms with Crippen molar-refractivity contribution >= 4 is 15.7 Å². The van der Waals surface area contributed by atoms with Gasteiger partial charge in [-0.3, -0.25) is 4.79 Å². The lowest BCUT2D eigenvalue weighted by Gasteiger charge is -2.42. The summed E-state index contributed by atoms with van der Waals surface area (Å²) in [6, 6.07) is 7.85. The van der Waals surface area contributed by atoms with E-state index in [1.165, 1.54) is 28.7 Å². The molecular weight excluding hydrogens is 410 g/mol. The number of benzene rings is 1. The number of hydrogen-bond donors (Lipinski definition) is 1. The van der Waals surface area contributed by atoms with E-state index in [0.717, 1.165) is 12.2 Å². The molecule has 0 bridgehead atoms. The summed E-state index contributed by atoms with van der Waals surface area (Å²) in [5.74, 6) is 0.758. The van der Waals surface area contributed by atoms with Crippen LogP contribution in [0.1, 0.15) is 85.5 Å². The Morgan fingerprint density at radius 2 is 1.74 bits per heavy atom. The third kappa shape index (κ3) is 4.45. The SMILES string of the molecule is Cc1cc2c(cc1Cc1ccc(C(=O)NC3CCS(=O)(=O)C3)o1)C(C)(C)CCC2(C)C. The van der Waals surface area contributed by atoms with Crippen LogP contribution in [0, 0.1) is 6.92 Å². The number of rotatable bonds is 4. The fourth-order valence-corrected chi connectivity index (χ4v) is 6.58. The van der Waals surface area contributed by atoms with Gasteiger partial charge in [-0.2, -0.15) is 0 Å². The Morgan fingerprint density at radius 3 is 2.35 bits per heavy atom. The van der Waals surface area contributed by atoms with Crippen LogP contribution in [-0.4, -0.2) is 31.9 Å². The Balaban J connectivity index is 1.53. The van der Waals surface area contributed by atoms with Crippen molar-refractivity contribution < 1.29 is 17.6 Å². The lowest BCUT2D eigenvalue weighted by molar-refractivity contribution is 0.0911. The molecule has 1 aliphatic heterocycles. The molecule has 1 aromatic heterocycles. The monoisotopic (exact) mass is 443 g/mol. The summed E-state index contributed by atoms with van der Waals surface area (Å²) in [5, 5.41) is 2.79. The van der Waals surface area contributed by atoms with Gasteiger partial charge in [0.15, 0.2) is 15.6 Å². The maximum absolute atomic E-state index is 12.5. The molecule has 0 saturated carbocycles. The zero-order chi connectivity index (χ0) is 22.6. The second-order valence-electron chi connectivity index (χ2n) is 10.6. The van der Waals surface area contributed by atoms with Gasteiger partial charge in [0.05, 0.1) is 11.5 Å². The zero-order valence-electron chi connectivity index (χ0n) is 19.2. The maximum Gasteiger partial charge on any atom is 0.287 e. The van der Waals surface area contributed by atoms with Crippen LogP contribution in [0.15, 0.2) is 28.7 Å². The third-order valence-electron chi connectivity index (χ3n) is 7.13. The van der Waals surface area contributed by atoms with Gasteiger partial charge in [0.1, 0.15) is 5.76 Å². The van der Waals surface area contributed by atoms with Crippen molar-refractivity contribution in [3.05, 3.63) is 58.0 Å². The highest BCUT2D eigenvalue weighted by atomic mass is 32.2. The number of sulfone groups is 1. The average molecular weight is 444 g/mol. The van der Waals surface area contributed by atoms with Crippen molar-refractivity contribution in [3.63, 3.8) is 0 Å². The standard InChI is InChI=1S/C25H33NO4S/c1-16-12-20-21(25(4,5)10-9-24(20,2)3)14-17(16)13-19-6-7-22(30-19)23(27)26-18-8-11-31(28,29)15-18/h6-7,12,14,18H,8-11,13,15H2,1-5H3,(H,26,27). The normalized spacial score (nSPS) is 23.3. The molecule has 168 valence electrons. The van der Waals surface area contributed by atoms with E-state index >= 15 is 0 Å². The Hall–Kier alpha value is -2.08. The van der Waals surface area contributed by atoms with Gasteiger partial charge in [0.25, 0.3) is 5.91 Å². The quantitative estimate of drug-likeness (QED) is 0.758. The molecule has 1 aromatic carbocycles. The Morgan fingerprint density at radius 1 is 1.10 bits per heavy atom. The smallest absolute Gasteiger partial charge is 0.287 e. The summed E-state index contributed by atoms with van der Waals surface area (Å²) in [4.78, 5) is 12.5. The average Bonchev–Trinajstić information content (AvgIpc) is 3.26. The summed E-state index contributed by atoms with van der Waals surface area (Å²) in [6.07, 6.45) is 3.44. The predicted octanol–water partition coefficient (Wildman–Crippen LogP) is 4.44. The van der Waals surface area contributed by atoms with Gasteiger partial charge in [-0.15, -0.1) is 0 Å². The predicted molar refractivity (Wildman–Crippen MR) is 123 cm³/mol. The van der Waals surface area contributed by atoms with Crippen LogP contribution in [-0.2, 0) is 27.1 Å². The van der Waals surface area contributed by atoms with E-state index in [1.54, 1.807) is 6.07 Å². The van der Waals surface area contributed by atoms with E-state index in [2.05, 4.69) is 52.1 Å². The number of hydrogen-bond acceptors (Lipinski definition) is 4. The number of aryl methyl sites for hydroxylation is 1. The van der Waals surface area contributed by atoms with E-state index in [4.69, 9.17) is 4.42 Å². The molecule has 1 N–H and O–H groups in total. The number of furan rings is 1. The minimum absolute atomic E-state index is 0.00671. The molecule has 31 heavy (non-hydrogen) atoms. The van der Waals surface area contributed by atoms with Crippen LogP contribution in [0.3, 0.4) is 0 Å². The van der Waals surface area contributed by atoms with Crippen LogP contribution in [0.5, 0.6) is 0 Å². The summed E-state index contributed by atoms with van der Waals surface area (Å²) in [7, 11) is -3.03. The number of nitrogens with one attached hydrogen (secondary N) is 1. The molecule has 2 heterocycles. The van der Waals surface area contributed by atoms with Gasteiger partial charge in [-0.25, -0.2) is 8.42 Å². The summed E-state index contributed by atoms with van der Waals surface area (Å²) in [5.41, 5.74) is 5.63. The molecular formula is C25H33NO4S. The van der Waals surface area contributed by atoms with Crippen molar-refractivity contribution in [2.24, 2.45) is 0 Å². The first-order chi connectivity index (χ1) is 14.4. The molecule has 2 aliphatic rings. The van der Waals surface area contributed by atoms with Crippen LogP contribution >= 0.6 is 0 Å². The van der Waals surface area contributed by atoms with Gasteiger partial charge < -0.3 is 9.73 Å². The minimum Gasteiger partial charge on any atom is -0.456 e. The molecule has 1 amide bonds. The van der Waals surface area contributed by atoms with E-state index in [9.17, 15) is 13.2 Å². The molecule has 1 unspecified atom stereocenters. The molecule has 1 aliphatic carbocycles. The molecule has 1 saturated heterocycles. The molecule has 4 rings (SSSR count). The van der Waals surface area contributed by atoms with Crippen LogP contribution in [0.2, 0.25) is 0 Å². The van der Waals surface area contributed by atoms with E-state index in [0.29, 0.717) is 12.8 Å². The molecule has 6 heteroatoms. The fourth-order valence-electron chi connectivity index (χ4n) is 4.91. The molecule has 1 fully saturated rings. The second-order valence-corrected chi connectivity index (χ2v) is 12.8. The molecule has 2 aromatic rings. The molecule has 5 nitrogen and oxygen atoms in total. The third-order valence-corrected chi connectivity index (χ3v) is 8.90. The van der Waals surface area contributed by atoms with Crippen molar-refractivity contribution in [3.8, 4) is 0 Å². The maximum atomic E-state index is 12.5. The fraction of sp³-hybridized carbons (Fsp3) is 0.560. The van der Waals surface area contributed by atoms with Crippen molar-refractivity contribution in [2.75, 3.05) is 11.5 Å². The molecule has 0 radical (unpaired) electrons. The number of fused-ring (bicyclic) bond motifs is 1. The first-order valence-electron chi connectivity index (χ1n) is 11.1. The van der Waals surface area contributed by atoms with Gasteiger partial charge in [0.2, 0.25) is 0 Å². The Bertz CT molecular complexity index is 1120. The van der Waals surface area contributed by atoms with Crippen LogP contribution < -0.4 is 5.32 Å². The first kappa shape index (κ1) is 22.1. The number of carbonyl (C=O) groups excluding carboxylic acids is 1. The van der Waals surface area contributed by atoms with Crippen molar-refractivity contribution in [1.29, 1.82) is 0 Å². The topological polar surface area (TPSA) is 76.4 Å². The highest BCUT2D eigenvalue weighted by molar-refractivity contribution is 7.91. The van der Waals surface area contributed by atoms with Crippen LogP contribution in [0.25, 0.3) is 0 Å². The Kier molecular flexibility index (Phi) is 5.36. The van der Waals surface area contributed by atoms with Gasteiger partial charge >= 0.3 is 0 Å². The van der Waals surface area contributed by atoms with E-state index in [1.807, 2.05) is 6.07 Å². The van der Waals surface area contributed by atoms with Gasteiger partial charge in [0, 0.05) is 12.5 Å². The largest absolute Gasteiger partial charge is 0.456 e. The summed E-state index contributed by atoms with van der Waals surface area (Å²) < 4.78 is 29.1. The highest BCUT2D eigenvalue weighted by Gasteiger charge is 2.37. The van der Waals surface area contributed by atoms with Crippen molar-refractivity contribution in [2.45, 2.75) is 77.2 Å². The highest BCUT2D eigenvalue weighted by Crippen LogP contribution is 2.46. The summed E-state index contributed by atoms with van der Waals surface area (Å²) >= 11 is 0. The van der Waals surface area contributed by atoms with Crippen LogP contribution in [0.4, 0.5) is 0 Å². The van der Waals surface area contributed by atoms with E-state index < -0.39 is 9.84 Å². The molecule has 0 spiro atoms. The Labute approximate surface area is 185 Å². The minimum atomic E-state index is -3.03. The summed E-state index contributed by atoms with van der Waals surface area (Å²) in [6.45, 7) is 11.4. The number of carbonyl (C=O) groups is 1. The molecule has 1 atom stereocenters. The lowest BCUT2D eigenvalue weighted by atomic mass is 9.62. The second kappa shape index (κ2) is 7.51. The zero-order valence-corrected chi connectivity index (χ0v) is 20.0. The van der Waals surface area contributed by atoms with E-state index in [-0.39, 0.29) is 40.0 Å². The first-order valence-corrected chi connectivity index (χ1v) is 12.9. The van der Waals surface area contributed by atoms with Gasteiger partial charge in [-0.1, -0.05) is 39.8 Å². The van der Waals surface area contributed by atoms with Crippen molar-refractivity contribution in [1.82, 2.24) is 5.32 Å². The number of amides is 1. The lowest BCUT2D eigenvalue weighted by Crippen LogP contribution is -2.35. The van der Waals surface area contributed by atoms with Gasteiger partial charge in [-0.05, 0) is 71.4 Å².